The molecule has 0 heterocycles. The number of benzene rings is 1. The number of hydrogen-bond donors (Lipinski definition) is 2. The number of nitrogens with one attached hydrogen (secondary N) is 1. The fourth-order valence-electron chi connectivity index (χ4n) is 1.17. The number of anilines is 1. The minimum Gasteiger partial charge on any atom is -0.398 e. The summed E-state index contributed by atoms with van der Waals surface area (Å²) < 4.78 is 25.8. The van der Waals surface area contributed by atoms with Gasteiger partial charge in [0.15, 0.2) is 11.6 Å². The quantitative estimate of drug-likeness (QED) is 0.768. The van der Waals surface area contributed by atoms with E-state index in [2.05, 4.69) is 5.32 Å². The third-order valence-electron chi connectivity index (χ3n) is 2.24. The molecule has 0 saturated carbocycles. The second kappa shape index (κ2) is 5.44. The summed E-state index contributed by atoms with van der Waals surface area (Å²) in [6.45, 7) is -0.246. The van der Waals surface area contributed by atoms with E-state index in [1.54, 1.807) is 0 Å². The van der Waals surface area contributed by atoms with E-state index >= 15 is 0 Å². The van der Waals surface area contributed by atoms with Crippen LogP contribution >= 0.6 is 0 Å². The van der Waals surface area contributed by atoms with E-state index in [0.29, 0.717) is 6.07 Å². The number of rotatable bonds is 3. The van der Waals surface area contributed by atoms with E-state index in [1.165, 1.54) is 19.0 Å². The Morgan fingerprint density at radius 1 is 1.28 bits per heavy atom. The SMILES string of the molecule is CN(C)C(=O)CNC(=O)c1cc(F)c(F)cc1N. The van der Waals surface area contributed by atoms with Gasteiger partial charge in [0.05, 0.1) is 12.1 Å². The molecular weight excluding hydrogens is 244 g/mol. The molecule has 0 bridgehead atoms. The number of nitrogen functional groups attached to an aromatic ring is 1. The Morgan fingerprint density at radius 2 is 1.83 bits per heavy atom. The van der Waals surface area contributed by atoms with Crippen LogP contribution in [0.1, 0.15) is 10.4 Å². The largest absolute Gasteiger partial charge is 0.398 e. The van der Waals surface area contributed by atoms with Crippen LogP contribution in [-0.4, -0.2) is 37.4 Å². The molecule has 0 unspecified atom stereocenters. The summed E-state index contributed by atoms with van der Waals surface area (Å²) in [5.74, 6) is -3.37. The molecule has 0 aliphatic carbocycles. The first kappa shape index (κ1) is 13.9. The van der Waals surface area contributed by atoms with Crippen molar-refractivity contribution in [3.8, 4) is 0 Å². The summed E-state index contributed by atoms with van der Waals surface area (Å²) >= 11 is 0. The van der Waals surface area contributed by atoms with Gasteiger partial charge in [-0.25, -0.2) is 8.78 Å². The lowest BCUT2D eigenvalue weighted by atomic mass is 10.1. The Bertz CT molecular complexity index is 489. The Labute approximate surface area is 103 Å². The number of hydrogen-bond acceptors (Lipinski definition) is 3. The average molecular weight is 257 g/mol. The van der Waals surface area contributed by atoms with Gasteiger partial charge in [0.25, 0.3) is 5.91 Å². The topological polar surface area (TPSA) is 75.4 Å². The first-order chi connectivity index (χ1) is 8.32. The molecular formula is C11H13F2N3O2. The van der Waals surface area contributed by atoms with Gasteiger partial charge in [-0.1, -0.05) is 0 Å². The predicted molar refractivity (Wildman–Crippen MR) is 61.8 cm³/mol. The van der Waals surface area contributed by atoms with E-state index in [4.69, 9.17) is 5.73 Å². The smallest absolute Gasteiger partial charge is 0.253 e. The second-order valence-corrected chi connectivity index (χ2v) is 3.82. The molecule has 1 aromatic carbocycles. The van der Waals surface area contributed by atoms with Crippen LogP contribution in [0.4, 0.5) is 14.5 Å². The molecule has 18 heavy (non-hydrogen) atoms. The van der Waals surface area contributed by atoms with E-state index in [9.17, 15) is 18.4 Å². The highest BCUT2D eigenvalue weighted by Gasteiger charge is 2.15. The zero-order valence-electron chi connectivity index (χ0n) is 9.96. The maximum absolute atomic E-state index is 13.0. The molecule has 0 aliphatic heterocycles. The first-order valence-corrected chi connectivity index (χ1v) is 5.05. The van der Waals surface area contributed by atoms with E-state index < -0.39 is 17.5 Å². The van der Waals surface area contributed by atoms with Crippen LogP contribution in [0.15, 0.2) is 12.1 Å². The van der Waals surface area contributed by atoms with E-state index in [-0.39, 0.29) is 23.7 Å². The molecule has 0 aliphatic rings. The zero-order valence-corrected chi connectivity index (χ0v) is 9.96. The highest BCUT2D eigenvalue weighted by molar-refractivity contribution is 6.00. The molecule has 0 saturated heterocycles. The van der Waals surface area contributed by atoms with Crippen molar-refractivity contribution >= 4 is 17.5 Å². The number of nitrogens with zero attached hydrogens (tertiary/aromatic N) is 1. The fraction of sp³-hybridized carbons (Fsp3) is 0.273. The van der Waals surface area contributed by atoms with Gasteiger partial charge in [0, 0.05) is 25.8 Å². The number of amides is 2. The summed E-state index contributed by atoms with van der Waals surface area (Å²) in [4.78, 5) is 24.1. The second-order valence-electron chi connectivity index (χ2n) is 3.82. The van der Waals surface area contributed by atoms with Gasteiger partial charge in [-0.15, -0.1) is 0 Å². The van der Waals surface area contributed by atoms with Gasteiger partial charge >= 0.3 is 0 Å². The van der Waals surface area contributed by atoms with Crippen LogP contribution in [0.25, 0.3) is 0 Å². The lowest BCUT2D eigenvalue weighted by molar-refractivity contribution is -0.127. The van der Waals surface area contributed by atoms with Crippen LogP contribution in [0, 0.1) is 11.6 Å². The van der Waals surface area contributed by atoms with Crippen molar-refractivity contribution in [3.63, 3.8) is 0 Å². The Hall–Kier alpha value is -2.18. The number of halogens is 2. The first-order valence-electron chi connectivity index (χ1n) is 5.05. The van der Waals surface area contributed by atoms with Crippen molar-refractivity contribution in [2.45, 2.75) is 0 Å². The number of nitrogens with two attached hydrogens (primary N) is 1. The maximum atomic E-state index is 13.0. The highest BCUT2D eigenvalue weighted by Crippen LogP contribution is 2.16. The summed E-state index contributed by atoms with van der Waals surface area (Å²) in [6, 6.07) is 1.41. The van der Waals surface area contributed by atoms with Crippen molar-refractivity contribution in [2.75, 3.05) is 26.4 Å². The van der Waals surface area contributed by atoms with Crippen LogP contribution in [0.5, 0.6) is 0 Å². The van der Waals surface area contributed by atoms with Gasteiger partial charge < -0.3 is 16.0 Å². The van der Waals surface area contributed by atoms with Gasteiger partial charge in [0.2, 0.25) is 5.91 Å². The number of carbonyl (C=O) groups is 2. The van der Waals surface area contributed by atoms with Crippen molar-refractivity contribution in [3.05, 3.63) is 29.3 Å². The van der Waals surface area contributed by atoms with Crippen molar-refractivity contribution in [1.82, 2.24) is 10.2 Å². The molecule has 0 atom stereocenters. The third kappa shape index (κ3) is 3.16. The molecule has 7 heteroatoms. The van der Waals surface area contributed by atoms with Gasteiger partial charge in [-0.05, 0) is 6.07 Å². The van der Waals surface area contributed by atoms with Gasteiger partial charge in [-0.2, -0.15) is 0 Å². The predicted octanol–water partition coefficient (Wildman–Crippen LogP) is 0.365. The zero-order chi connectivity index (χ0) is 13.9. The van der Waals surface area contributed by atoms with Crippen molar-refractivity contribution < 1.29 is 18.4 Å². The Balaban J connectivity index is 2.79. The molecule has 0 fully saturated rings. The Kier molecular flexibility index (Phi) is 4.19. The summed E-state index contributed by atoms with van der Waals surface area (Å²) in [5, 5.41) is 2.27. The van der Waals surface area contributed by atoms with Crippen molar-refractivity contribution in [2.24, 2.45) is 0 Å². The van der Waals surface area contributed by atoms with E-state index in [0.717, 1.165) is 6.07 Å². The molecule has 98 valence electrons. The molecule has 0 spiro atoms. The number of likely N-dealkylation sites (N-methyl/N-ethyl adjacent to an activating group) is 1. The van der Waals surface area contributed by atoms with Crippen LogP contribution in [0.3, 0.4) is 0 Å². The monoisotopic (exact) mass is 257 g/mol. The molecule has 0 radical (unpaired) electrons. The van der Waals surface area contributed by atoms with Crippen LogP contribution in [-0.2, 0) is 4.79 Å². The summed E-state index contributed by atoms with van der Waals surface area (Å²) in [6.07, 6.45) is 0. The lowest BCUT2D eigenvalue weighted by Crippen LogP contribution is -2.36. The van der Waals surface area contributed by atoms with Gasteiger partial charge in [-0.3, -0.25) is 9.59 Å². The van der Waals surface area contributed by atoms with Crippen molar-refractivity contribution in [1.29, 1.82) is 0 Å². The average Bonchev–Trinajstić information content (AvgIpc) is 2.30. The minimum atomic E-state index is -1.17. The highest BCUT2D eigenvalue weighted by atomic mass is 19.2. The van der Waals surface area contributed by atoms with Crippen LogP contribution < -0.4 is 11.1 Å². The standard InChI is InChI=1S/C11H13F2N3O2/c1-16(2)10(17)5-15-11(18)6-3-7(12)8(13)4-9(6)14/h3-4H,5,14H2,1-2H3,(H,15,18). The molecule has 1 aromatic rings. The molecule has 1 rings (SSSR count). The third-order valence-corrected chi connectivity index (χ3v) is 2.24. The van der Waals surface area contributed by atoms with Crippen LogP contribution in [0.2, 0.25) is 0 Å². The fourth-order valence-corrected chi connectivity index (χ4v) is 1.17. The summed E-state index contributed by atoms with van der Waals surface area (Å²) in [7, 11) is 3.06. The molecule has 5 nitrogen and oxygen atoms in total. The minimum absolute atomic E-state index is 0.191. The maximum Gasteiger partial charge on any atom is 0.253 e. The normalized spacial score (nSPS) is 10.0. The Morgan fingerprint density at radius 3 is 2.39 bits per heavy atom. The van der Waals surface area contributed by atoms with E-state index in [1.807, 2.05) is 0 Å². The molecule has 0 aromatic heterocycles. The lowest BCUT2D eigenvalue weighted by Gasteiger charge is -2.11. The molecule has 3 N–H and O–H groups in total. The summed E-state index contributed by atoms with van der Waals surface area (Å²) in [5.41, 5.74) is 5.00. The molecule has 2 amide bonds. The number of carbonyl (C=O) groups excluding carboxylic acids is 2. The van der Waals surface area contributed by atoms with Gasteiger partial charge in [0.1, 0.15) is 0 Å².